The number of hydrogen-bond donors (Lipinski definition) is 3. The van der Waals surface area contributed by atoms with E-state index >= 15 is 0 Å². The van der Waals surface area contributed by atoms with Crippen molar-refractivity contribution < 1.29 is 19.4 Å². The maximum Gasteiger partial charge on any atom is 0.337 e. The minimum Gasteiger partial charge on any atom is -0.487 e. The van der Waals surface area contributed by atoms with E-state index in [0.29, 0.717) is 22.3 Å². The van der Waals surface area contributed by atoms with Crippen molar-refractivity contribution in [2.24, 2.45) is 0 Å². The molecule has 1 amide bonds. The van der Waals surface area contributed by atoms with Crippen LogP contribution in [0.4, 0.5) is 5.69 Å². The van der Waals surface area contributed by atoms with Gasteiger partial charge in [-0.15, -0.1) is 0 Å². The molecule has 0 saturated heterocycles. The normalized spacial score (nSPS) is 10.5. The maximum atomic E-state index is 13.0. The van der Waals surface area contributed by atoms with Crippen LogP contribution in [-0.2, 0) is 6.61 Å². The molecule has 0 aliphatic rings. The third kappa shape index (κ3) is 4.19. The van der Waals surface area contributed by atoms with Gasteiger partial charge >= 0.3 is 5.97 Å². The molecule has 0 saturated carbocycles. The van der Waals surface area contributed by atoms with Crippen molar-refractivity contribution in [2.75, 3.05) is 5.32 Å². The van der Waals surface area contributed by atoms with Gasteiger partial charge in [-0.05, 0) is 45.8 Å². The van der Waals surface area contributed by atoms with E-state index < -0.39 is 11.9 Å². The van der Waals surface area contributed by atoms with Gasteiger partial charge in [-0.2, -0.15) is 5.26 Å². The van der Waals surface area contributed by atoms with Crippen molar-refractivity contribution in [1.29, 1.82) is 5.26 Å². The standard InChI is InChI=1S/C24H16BrN3O4/c25-20-16-7-4-8-19(32-13-14-5-2-1-3-6-14)21(16)28-22(20)23(29)27-18-10-9-15(12-26)11-17(18)24(30)31/h1-11,28H,13H2,(H,27,29)(H,30,31). The number of H-pyrrole nitrogens is 1. The van der Waals surface area contributed by atoms with Gasteiger partial charge in [-0.25, -0.2) is 4.79 Å². The minimum absolute atomic E-state index is 0.0904. The van der Waals surface area contributed by atoms with Crippen LogP contribution in [-0.4, -0.2) is 22.0 Å². The molecule has 0 spiro atoms. The Balaban J connectivity index is 1.64. The van der Waals surface area contributed by atoms with Gasteiger partial charge in [-0.1, -0.05) is 42.5 Å². The molecule has 0 aliphatic carbocycles. The average molecular weight is 490 g/mol. The third-order valence-electron chi connectivity index (χ3n) is 4.82. The smallest absolute Gasteiger partial charge is 0.337 e. The molecule has 0 unspecified atom stereocenters. The molecular weight excluding hydrogens is 474 g/mol. The number of ether oxygens (including phenoxy) is 1. The van der Waals surface area contributed by atoms with Crippen molar-refractivity contribution in [3.8, 4) is 11.8 Å². The fraction of sp³-hybridized carbons (Fsp3) is 0.0417. The fourth-order valence-electron chi connectivity index (χ4n) is 3.25. The number of amides is 1. The van der Waals surface area contributed by atoms with Crippen molar-refractivity contribution in [3.05, 3.63) is 93.6 Å². The molecule has 1 heterocycles. The Bertz CT molecular complexity index is 1370. The highest BCUT2D eigenvalue weighted by Gasteiger charge is 2.20. The van der Waals surface area contributed by atoms with Gasteiger partial charge in [0, 0.05) is 5.39 Å². The van der Waals surface area contributed by atoms with Gasteiger partial charge < -0.3 is 20.1 Å². The van der Waals surface area contributed by atoms with Crippen LogP contribution >= 0.6 is 15.9 Å². The summed E-state index contributed by atoms with van der Waals surface area (Å²) in [5.41, 5.74) is 1.97. The number of hydrogen-bond acceptors (Lipinski definition) is 4. The first kappa shape index (κ1) is 21.2. The lowest BCUT2D eigenvalue weighted by atomic mass is 10.1. The second kappa shape index (κ2) is 8.96. The van der Waals surface area contributed by atoms with Crippen molar-refractivity contribution in [1.82, 2.24) is 4.98 Å². The summed E-state index contributed by atoms with van der Waals surface area (Å²) in [5, 5.41) is 21.8. The SMILES string of the molecule is N#Cc1ccc(NC(=O)c2[nH]c3c(OCc4ccccc4)cccc3c2Br)c(C(=O)O)c1. The van der Waals surface area contributed by atoms with Gasteiger partial charge in [0.1, 0.15) is 18.1 Å². The fourth-order valence-corrected chi connectivity index (χ4v) is 3.86. The summed E-state index contributed by atoms with van der Waals surface area (Å²) in [4.78, 5) is 27.6. The summed E-state index contributed by atoms with van der Waals surface area (Å²) in [6, 6.07) is 21.1. The van der Waals surface area contributed by atoms with E-state index in [1.807, 2.05) is 48.5 Å². The zero-order valence-electron chi connectivity index (χ0n) is 16.6. The van der Waals surface area contributed by atoms with Crippen molar-refractivity contribution >= 4 is 44.4 Å². The highest BCUT2D eigenvalue weighted by molar-refractivity contribution is 9.10. The number of nitriles is 1. The van der Waals surface area contributed by atoms with E-state index in [0.717, 1.165) is 10.9 Å². The van der Waals surface area contributed by atoms with Crippen LogP contribution in [0, 0.1) is 11.3 Å². The molecular formula is C24H16BrN3O4. The molecule has 8 heteroatoms. The van der Waals surface area contributed by atoms with E-state index in [4.69, 9.17) is 10.00 Å². The van der Waals surface area contributed by atoms with Gasteiger partial charge in [0.05, 0.1) is 32.9 Å². The Morgan fingerprint density at radius 3 is 2.59 bits per heavy atom. The second-order valence-electron chi connectivity index (χ2n) is 6.90. The summed E-state index contributed by atoms with van der Waals surface area (Å²) in [6.45, 7) is 0.366. The first-order chi connectivity index (χ1) is 15.5. The lowest BCUT2D eigenvalue weighted by Gasteiger charge is -2.08. The summed E-state index contributed by atoms with van der Waals surface area (Å²) >= 11 is 3.46. The Morgan fingerprint density at radius 1 is 1.09 bits per heavy atom. The number of anilines is 1. The van der Waals surface area contributed by atoms with E-state index in [1.54, 1.807) is 6.07 Å². The van der Waals surface area contributed by atoms with E-state index in [2.05, 4.69) is 26.2 Å². The van der Waals surface area contributed by atoms with Gasteiger partial charge in [0.2, 0.25) is 0 Å². The lowest BCUT2D eigenvalue weighted by molar-refractivity contribution is 0.0698. The predicted molar refractivity (Wildman–Crippen MR) is 123 cm³/mol. The highest BCUT2D eigenvalue weighted by Crippen LogP contribution is 2.34. The number of carbonyl (C=O) groups excluding carboxylic acids is 1. The molecule has 4 rings (SSSR count). The first-order valence-electron chi connectivity index (χ1n) is 9.53. The number of para-hydroxylation sites is 1. The summed E-state index contributed by atoms with van der Waals surface area (Å²) in [6.07, 6.45) is 0. The van der Waals surface area contributed by atoms with Crippen LogP contribution < -0.4 is 10.1 Å². The number of benzene rings is 3. The Hall–Kier alpha value is -4.09. The zero-order valence-corrected chi connectivity index (χ0v) is 18.1. The number of rotatable bonds is 6. The van der Waals surface area contributed by atoms with E-state index in [1.165, 1.54) is 18.2 Å². The molecule has 3 aromatic carbocycles. The van der Waals surface area contributed by atoms with Crippen LogP contribution in [0.1, 0.15) is 32.0 Å². The number of aromatic carboxylic acids is 1. The Kier molecular flexibility index (Phi) is 5.92. The molecule has 0 bridgehead atoms. The molecule has 3 N–H and O–H groups in total. The molecule has 0 aliphatic heterocycles. The molecule has 0 atom stereocenters. The van der Waals surface area contributed by atoms with Crippen molar-refractivity contribution in [3.63, 3.8) is 0 Å². The van der Waals surface area contributed by atoms with Crippen LogP contribution in [0.15, 0.2) is 71.2 Å². The lowest BCUT2D eigenvalue weighted by Crippen LogP contribution is -2.15. The predicted octanol–water partition coefficient (Wildman–Crippen LogP) is 5.33. The van der Waals surface area contributed by atoms with E-state index in [9.17, 15) is 14.7 Å². The second-order valence-corrected chi connectivity index (χ2v) is 7.69. The number of nitrogens with one attached hydrogen (secondary N) is 2. The quantitative estimate of drug-likeness (QED) is 0.338. The molecule has 0 fully saturated rings. The van der Waals surface area contributed by atoms with Gasteiger partial charge in [0.15, 0.2) is 0 Å². The Labute approximate surface area is 191 Å². The van der Waals surface area contributed by atoms with Gasteiger partial charge in [-0.3, -0.25) is 4.79 Å². The molecule has 7 nitrogen and oxygen atoms in total. The summed E-state index contributed by atoms with van der Waals surface area (Å²) in [5.74, 6) is -1.20. The topological polar surface area (TPSA) is 115 Å². The molecule has 1 aromatic heterocycles. The number of halogens is 1. The zero-order chi connectivity index (χ0) is 22.7. The highest BCUT2D eigenvalue weighted by atomic mass is 79.9. The number of fused-ring (bicyclic) bond motifs is 1. The van der Waals surface area contributed by atoms with E-state index in [-0.39, 0.29) is 22.5 Å². The number of aromatic nitrogens is 1. The molecule has 4 aromatic rings. The maximum absolute atomic E-state index is 13.0. The number of nitrogens with zero attached hydrogens (tertiary/aromatic N) is 1. The number of carboxylic acid groups (broad SMARTS) is 1. The van der Waals surface area contributed by atoms with Crippen LogP contribution in [0.5, 0.6) is 5.75 Å². The number of carboxylic acids is 1. The van der Waals surface area contributed by atoms with Crippen LogP contribution in [0.25, 0.3) is 10.9 Å². The minimum atomic E-state index is -1.25. The van der Waals surface area contributed by atoms with Crippen molar-refractivity contribution in [2.45, 2.75) is 6.61 Å². The van der Waals surface area contributed by atoms with Crippen LogP contribution in [0.2, 0.25) is 0 Å². The molecule has 158 valence electrons. The summed E-state index contributed by atoms with van der Waals surface area (Å²) in [7, 11) is 0. The largest absolute Gasteiger partial charge is 0.487 e. The molecule has 0 radical (unpaired) electrons. The number of aromatic amines is 1. The molecule has 32 heavy (non-hydrogen) atoms. The van der Waals surface area contributed by atoms with Crippen LogP contribution in [0.3, 0.4) is 0 Å². The third-order valence-corrected chi connectivity index (χ3v) is 5.65. The first-order valence-corrected chi connectivity index (χ1v) is 10.3. The number of carbonyl (C=O) groups is 2. The van der Waals surface area contributed by atoms with Gasteiger partial charge in [0.25, 0.3) is 5.91 Å². The summed E-state index contributed by atoms with van der Waals surface area (Å²) < 4.78 is 6.48. The Morgan fingerprint density at radius 2 is 1.88 bits per heavy atom. The average Bonchev–Trinajstić information content (AvgIpc) is 3.15. The monoisotopic (exact) mass is 489 g/mol.